The molecule has 6 nitrogen and oxygen atoms in total. The lowest BCUT2D eigenvalue weighted by atomic mass is 9.80. The quantitative estimate of drug-likeness (QED) is 0.491. The van der Waals surface area contributed by atoms with Crippen LogP contribution in [0.5, 0.6) is 0 Å². The van der Waals surface area contributed by atoms with E-state index in [0.29, 0.717) is 0 Å². The summed E-state index contributed by atoms with van der Waals surface area (Å²) in [6.07, 6.45) is -3.14. The first-order valence-electron chi connectivity index (χ1n) is 12.0. The van der Waals surface area contributed by atoms with Gasteiger partial charge in [0.15, 0.2) is 12.1 Å². The molecular formula is C29H32O6. The largest absolute Gasteiger partial charge is 0.388 e. The molecule has 1 N–H and O–H groups in total. The molecule has 2 fully saturated rings. The summed E-state index contributed by atoms with van der Waals surface area (Å²) in [4.78, 5) is 0. The van der Waals surface area contributed by atoms with Gasteiger partial charge in [-0.15, -0.1) is 0 Å². The van der Waals surface area contributed by atoms with Gasteiger partial charge in [0.1, 0.15) is 30.0 Å². The van der Waals surface area contributed by atoms with E-state index in [0.717, 1.165) is 16.7 Å². The normalized spacial score (nSPS) is 26.4. The highest BCUT2D eigenvalue weighted by molar-refractivity contribution is 5.47. The summed E-state index contributed by atoms with van der Waals surface area (Å²) < 4.78 is 30.4. The molecule has 35 heavy (non-hydrogen) atoms. The van der Waals surface area contributed by atoms with Crippen LogP contribution >= 0.6 is 0 Å². The van der Waals surface area contributed by atoms with E-state index in [1.807, 2.05) is 105 Å². The Morgan fingerprint density at radius 1 is 0.829 bits per heavy atom. The lowest BCUT2D eigenvalue weighted by Gasteiger charge is -2.37. The van der Waals surface area contributed by atoms with Crippen molar-refractivity contribution in [3.8, 4) is 0 Å². The van der Waals surface area contributed by atoms with Crippen LogP contribution in [0.4, 0.5) is 0 Å². The Labute approximate surface area is 206 Å². The summed E-state index contributed by atoms with van der Waals surface area (Å²) in [5.74, 6) is -0.762. The number of aliphatic hydroxyl groups excluding tert-OH is 1. The molecule has 2 heterocycles. The van der Waals surface area contributed by atoms with Crippen LogP contribution in [0, 0.1) is 0 Å². The average molecular weight is 477 g/mol. The van der Waals surface area contributed by atoms with Crippen molar-refractivity contribution in [1.82, 2.24) is 0 Å². The van der Waals surface area contributed by atoms with Crippen molar-refractivity contribution in [3.63, 3.8) is 0 Å². The SMILES string of the molecule is CO[C@@H]1[C@H]2OC(C)(C)O[C@H]2O[C@@H]1[C@H](O)COC(c1ccccc1)(c1ccccc1)c1ccccc1. The first-order valence-corrected chi connectivity index (χ1v) is 12.0. The molecule has 0 bridgehead atoms. The highest BCUT2D eigenvalue weighted by atomic mass is 16.8. The van der Waals surface area contributed by atoms with Crippen molar-refractivity contribution in [2.75, 3.05) is 13.7 Å². The van der Waals surface area contributed by atoms with Crippen molar-refractivity contribution in [2.24, 2.45) is 0 Å². The maximum absolute atomic E-state index is 11.3. The van der Waals surface area contributed by atoms with Crippen molar-refractivity contribution in [3.05, 3.63) is 108 Å². The summed E-state index contributed by atoms with van der Waals surface area (Å²) in [5.41, 5.74) is 1.96. The van der Waals surface area contributed by atoms with Crippen LogP contribution in [-0.2, 0) is 29.3 Å². The second-order valence-electron chi connectivity index (χ2n) is 9.43. The van der Waals surface area contributed by atoms with Gasteiger partial charge < -0.3 is 28.8 Å². The fourth-order valence-corrected chi connectivity index (χ4v) is 5.16. The zero-order valence-electron chi connectivity index (χ0n) is 20.2. The Kier molecular flexibility index (Phi) is 6.77. The van der Waals surface area contributed by atoms with E-state index < -0.39 is 42.1 Å². The van der Waals surface area contributed by atoms with Gasteiger partial charge >= 0.3 is 0 Å². The molecule has 2 aliphatic heterocycles. The third-order valence-electron chi connectivity index (χ3n) is 6.69. The lowest BCUT2D eigenvalue weighted by molar-refractivity contribution is -0.231. The van der Waals surface area contributed by atoms with Crippen molar-refractivity contribution in [2.45, 2.75) is 55.9 Å². The van der Waals surface area contributed by atoms with Crippen LogP contribution in [0.1, 0.15) is 30.5 Å². The molecular weight excluding hydrogens is 444 g/mol. The highest BCUT2D eigenvalue weighted by Crippen LogP contribution is 2.42. The van der Waals surface area contributed by atoms with Gasteiger partial charge in [-0.05, 0) is 30.5 Å². The van der Waals surface area contributed by atoms with Crippen LogP contribution in [0.25, 0.3) is 0 Å². The van der Waals surface area contributed by atoms with Crippen LogP contribution < -0.4 is 0 Å². The summed E-state index contributed by atoms with van der Waals surface area (Å²) in [5, 5.41) is 11.3. The van der Waals surface area contributed by atoms with Crippen molar-refractivity contribution >= 4 is 0 Å². The molecule has 3 aromatic carbocycles. The molecule has 0 radical (unpaired) electrons. The molecule has 2 aliphatic rings. The van der Waals surface area contributed by atoms with E-state index in [9.17, 15) is 5.11 Å². The molecule has 5 rings (SSSR count). The topological polar surface area (TPSA) is 66.4 Å². The first-order chi connectivity index (χ1) is 16.9. The standard InChI is InChI=1S/C29H32O6/c1-28(2)34-26-25(31-3)24(33-27(26)35-28)23(30)19-32-29(20-13-7-4-8-14-20,21-15-9-5-10-16-21)22-17-11-6-12-18-22/h4-18,23-27,30H,19H2,1-3H3/t23-,24-,25+,26-,27-/m1/s1. The van der Waals surface area contributed by atoms with Gasteiger partial charge in [0, 0.05) is 7.11 Å². The minimum Gasteiger partial charge on any atom is -0.388 e. The van der Waals surface area contributed by atoms with E-state index >= 15 is 0 Å². The average Bonchev–Trinajstić information content (AvgIpc) is 3.37. The maximum Gasteiger partial charge on any atom is 0.190 e. The smallest absolute Gasteiger partial charge is 0.190 e. The molecule has 6 heteroatoms. The fraction of sp³-hybridized carbons (Fsp3) is 0.379. The molecule has 0 unspecified atom stereocenters. The Bertz CT molecular complexity index is 991. The maximum atomic E-state index is 11.3. The third-order valence-corrected chi connectivity index (χ3v) is 6.69. The van der Waals surface area contributed by atoms with Gasteiger partial charge in [0.25, 0.3) is 0 Å². The highest BCUT2D eigenvalue weighted by Gasteiger charge is 2.57. The van der Waals surface area contributed by atoms with Gasteiger partial charge in [-0.2, -0.15) is 0 Å². The van der Waals surface area contributed by atoms with Crippen LogP contribution in [0.15, 0.2) is 91.0 Å². The number of hydrogen-bond acceptors (Lipinski definition) is 6. The minimum atomic E-state index is -0.976. The predicted octanol–water partition coefficient (Wildman–Crippen LogP) is 4.25. The summed E-state index contributed by atoms with van der Waals surface area (Å²) in [6, 6.07) is 30.2. The van der Waals surface area contributed by atoms with Gasteiger partial charge in [0.2, 0.25) is 0 Å². The number of benzene rings is 3. The second-order valence-corrected chi connectivity index (χ2v) is 9.43. The number of aliphatic hydroxyl groups is 1. The minimum absolute atomic E-state index is 0.00599. The molecule has 0 saturated carbocycles. The second kappa shape index (κ2) is 9.82. The molecule has 5 atom stereocenters. The third kappa shape index (κ3) is 4.54. The van der Waals surface area contributed by atoms with Crippen molar-refractivity contribution < 1.29 is 28.8 Å². The lowest BCUT2D eigenvalue weighted by Crippen LogP contribution is -2.45. The monoisotopic (exact) mass is 476 g/mol. The number of ether oxygens (including phenoxy) is 5. The zero-order chi connectivity index (χ0) is 24.5. The number of hydrogen-bond donors (Lipinski definition) is 1. The number of methoxy groups -OCH3 is 1. The molecule has 0 amide bonds. The Hall–Kier alpha value is -2.58. The van der Waals surface area contributed by atoms with E-state index in [4.69, 9.17) is 23.7 Å². The van der Waals surface area contributed by atoms with Gasteiger partial charge in [-0.25, -0.2) is 0 Å². The first kappa shape index (κ1) is 24.1. The molecule has 2 saturated heterocycles. The zero-order valence-corrected chi connectivity index (χ0v) is 20.2. The Balaban J connectivity index is 1.47. The predicted molar refractivity (Wildman–Crippen MR) is 131 cm³/mol. The fourth-order valence-electron chi connectivity index (χ4n) is 5.16. The number of rotatable bonds is 8. The molecule has 0 aliphatic carbocycles. The summed E-state index contributed by atoms with van der Waals surface area (Å²) in [7, 11) is 1.59. The summed E-state index contributed by atoms with van der Waals surface area (Å²) in [6.45, 7) is 3.68. The Morgan fingerprint density at radius 3 is 1.77 bits per heavy atom. The van der Waals surface area contributed by atoms with Crippen molar-refractivity contribution in [1.29, 1.82) is 0 Å². The van der Waals surface area contributed by atoms with Gasteiger partial charge in [-0.1, -0.05) is 91.0 Å². The van der Waals surface area contributed by atoms with Crippen LogP contribution in [0.3, 0.4) is 0 Å². The van der Waals surface area contributed by atoms with Crippen LogP contribution in [-0.4, -0.2) is 55.3 Å². The van der Waals surface area contributed by atoms with E-state index in [1.165, 1.54) is 0 Å². The molecule has 0 aromatic heterocycles. The van der Waals surface area contributed by atoms with E-state index in [2.05, 4.69) is 0 Å². The molecule has 0 spiro atoms. The van der Waals surface area contributed by atoms with Crippen LogP contribution in [0.2, 0.25) is 0 Å². The Morgan fingerprint density at radius 2 is 1.31 bits per heavy atom. The van der Waals surface area contributed by atoms with E-state index in [-0.39, 0.29) is 6.61 Å². The molecule has 3 aromatic rings. The summed E-state index contributed by atoms with van der Waals surface area (Å²) >= 11 is 0. The van der Waals surface area contributed by atoms with Gasteiger partial charge in [0.05, 0.1) is 6.61 Å². The van der Waals surface area contributed by atoms with E-state index in [1.54, 1.807) is 7.11 Å². The van der Waals surface area contributed by atoms with Gasteiger partial charge in [-0.3, -0.25) is 0 Å². The molecule has 184 valence electrons. The number of fused-ring (bicyclic) bond motifs is 1.